The standard InChI is InChI=1S/C24H22N3/c25-16-19-12-10-18(11-13-19)14-15-20-6-4-5-9-22(20)23-17-26-24(27-23)21-7-2-1-3-8-21/h1-4,6-13,17H,14-16,25H2,(H,26,27). The molecule has 4 aromatic rings. The van der Waals surface area contributed by atoms with Crippen molar-refractivity contribution in [3.63, 3.8) is 0 Å². The molecule has 0 atom stereocenters. The minimum atomic E-state index is 0.586. The Labute approximate surface area is 159 Å². The van der Waals surface area contributed by atoms with Crippen molar-refractivity contribution in [2.45, 2.75) is 19.4 Å². The SMILES string of the molecule is NCc1ccc(CCc2cc[c]cc2-c2cnc(-c3ccccc3)[nH]2)cc1. The zero-order valence-electron chi connectivity index (χ0n) is 15.2. The predicted octanol–water partition coefficient (Wildman–Crippen LogP) is 4.79. The van der Waals surface area contributed by atoms with Gasteiger partial charge in [-0.2, -0.15) is 0 Å². The molecule has 3 N–H and O–H groups in total. The van der Waals surface area contributed by atoms with Gasteiger partial charge in [-0.05, 0) is 41.7 Å². The number of aryl methyl sites for hydroxylation is 2. The normalized spacial score (nSPS) is 10.9. The van der Waals surface area contributed by atoms with Crippen molar-refractivity contribution in [1.82, 2.24) is 9.97 Å². The molecule has 0 aliphatic carbocycles. The molecule has 0 saturated heterocycles. The van der Waals surface area contributed by atoms with Gasteiger partial charge in [0.15, 0.2) is 0 Å². The fourth-order valence-electron chi connectivity index (χ4n) is 3.25. The maximum absolute atomic E-state index is 5.68. The molecule has 133 valence electrons. The number of imidazole rings is 1. The van der Waals surface area contributed by atoms with Crippen molar-refractivity contribution in [2.75, 3.05) is 0 Å². The maximum Gasteiger partial charge on any atom is 0.137 e. The third-order valence-corrected chi connectivity index (χ3v) is 4.81. The summed E-state index contributed by atoms with van der Waals surface area (Å²) in [4.78, 5) is 8.01. The van der Waals surface area contributed by atoms with Gasteiger partial charge in [-0.15, -0.1) is 0 Å². The van der Waals surface area contributed by atoms with Crippen LogP contribution in [0.15, 0.2) is 79.0 Å². The van der Waals surface area contributed by atoms with E-state index in [0.29, 0.717) is 6.54 Å². The quantitative estimate of drug-likeness (QED) is 0.524. The Balaban J connectivity index is 1.55. The predicted molar refractivity (Wildman–Crippen MR) is 110 cm³/mol. The van der Waals surface area contributed by atoms with E-state index in [9.17, 15) is 0 Å². The number of benzene rings is 3. The number of H-pyrrole nitrogens is 1. The molecule has 0 aliphatic rings. The van der Waals surface area contributed by atoms with E-state index >= 15 is 0 Å². The molecule has 0 amide bonds. The summed E-state index contributed by atoms with van der Waals surface area (Å²) in [5.41, 5.74) is 12.7. The average Bonchev–Trinajstić information content (AvgIpc) is 3.23. The van der Waals surface area contributed by atoms with E-state index in [1.165, 1.54) is 16.7 Å². The van der Waals surface area contributed by atoms with Crippen molar-refractivity contribution >= 4 is 0 Å². The molecule has 0 aliphatic heterocycles. The van der Waals surface area contributed by atoms with Crippen LogP contribution < -0.4 is 5.73 Å². The van der Waals surface area contributed by atoms with Crippen molar-refractivity contribution in [3.05, 3.63) is 102 Å². The van der Waals surface area contributed by atoms with Crippen molar-refractivity contribution in [2.24, 2.45) is 5.73 Å². The van der Waals surface area contributed by atoms with Crippen molar-refractivity contribution in [3.8, 4) is 22.6 Å². The minimum Gasteiger partial charge on any atom is -0.338 e. The van der Waals surface area contributed by atoms with E-state index in [4.69, 9.17) is 5.73 Å². The van der Waals surface area contributed by atoms with Crippen molar-refractivity contribution < 1.29 is 0 Å². The number of nitrogens with zero attached hydrogens (tertiary/aromatic N) is 1. The van der Waals surface area contributed by atoms with E-state index in [1.807, 2.05) is 36.5 Å². The molecule has 0 bridgehead atoms. The smallest absolute Gasteiger partial charge is 0.137 e. The van der Waals surface area contributed by atoms with Crippen LogP contribution in [0.1, 0.15) is 16.7 Å². The third-order valence-electron chi connectivity index (χ3n) is 4.81. The summed E-state index contributed by atoms with van der Waals surface area (Å²) in [6.45, 7) is 0.586. The summed E-state index contributed by atoms with van der Waals surface area (Å²) >= 11 is 0. The summed E-state index contributed by atoms with van der Waals surface area (Å²) in [7, 11) is 0. The first-order valence-electron chi connectivity index (χ1n) is 9.21. The number of hydrogen-bond acceptors (Lipinski definition) is 2. The summed E-state index contributed by atoms with van der Waals surface area (Å²) < 4.78 is 0. The van der Waals surface area contributed by atoms with Crippen LogP contribution in [0, 0.1) is 6.07 Å². The van der Waals surface area contributed by atoms with Gasteiger partial charge in [0.05, 0.1) is 11.9 Å². The number of rotatable bonds is 6. The van der Waals surface area contributed by atoms with Crippen LogP contribution in [-0.2, 0) is 19.4 Å². The molecule has 0 saturated carbocycles. The largest absolute Gasteiger partial charge is 0.338 e. The van der Waals surface area contributed by atoms with Crippen molar-refractivity contribution in [1.29, 1.82) is 0 Å². The summed E-state index contributed by atoms with van der Waals surface area (Å²) in [6, 6.07) is 28.1. The molecule has 0 spiro atoms. The van der Waals surface area contributed by atoms with Gasteiger partial charge in [0.25, 0.3) is 0 Å². The van der Waals surface area contributed by atoms with Gasteiger partial charge >= 0.3 is 0 Å². The number of aromatic amines is 1. The van der Waals surface area contributed by atoms with Crippen LogP contribution in [-0.4, -0.2) is 9.97 Å². The van der Waals surface area contributed by atoms with Gasteiger partial charge in [0.1, 0.15) is 5.82 Å². The zero-order valence-corrected chi connectivity index (χ0v) is 15.2. The Kier molecular flexibility index (Phi) is 5.13. The van der Waals surface area contributed by atoms with E-state index in [0.717, 1.165) is 35.5 Å². The second kappa shape index (κ2) is 8.02. The lowest BCUT2D eigenvalue weighted by molar-refractivity contribution is 0.956. The zero-order chi connectivity index (χ0) is 18.5. The molecule has 0 unspecified atom stereocenters. The Bertz CT molecular complexity index is 1000. The summed E-state index contributed by atoms with van der Waals surface area (Å²) in [6.07, 6.45) is 3.86. The monoisotopic (exact) mass is 352 g/mol. The third kappa shape index (κ3) is 3.99. The highest BCUT2D eigenvalue weighted by atomic mass is 14.9. The molecule has 1 heterocycles. The van der Waals surface area contributed by atoms with Gasteiger partial charge in [-0.1, -0.05) is 66.7 Å². The fourth-order valence-corrected chi connectivity index (χ4v) is 3.25. The van der Waals surface area contributed by atoms with Gasteiger partial charge in [-0.25, -0.2) is 4.98 Å². The highest BCUT2D eigenvalue weighted by Crippen LogP contribution is 2.26. The van der Waals surface area contributed by atoms with Gasteiger partial charge < -0.3 is 10.7 Å². The molecular formula is C24H22N3. The number of aromatic nitrogens is 2. The molecule has 3 heteroatoms. The summed E-state index contributed by atoms with van der Waals surface area (Å²) in [5.74, 6) is 0.887. The molecule has 0 fully saturated rings. The first-order chi connectivity index (χ1) is 13.3. The lowest BCUT2D eigenvalue weighted by Crippen LogP contribution is -1.98. The molecule has 1 aromatic heterocycles. The Morgan fingerprint density at radius 2 is 1.67 bits per heavy atom. The van der Waals surface area contributed by atoms with Gasteiger partial charge in [-0.3, -0.25) is 0 Å². The molecule has 27 heavy (non-hydrogen) atoms. The number of nitrogens with two attached hydrogens (primary N) is 1. The topological polar surface area (TPSA) is 54.7 Å². The molecular weight excluding hydrogens is 330 g/mol. The Morgan fingerprint density at radius 1 is 0.889 bits per heavy atom. The highest BCUT2D eigenvalue weighted by Gasteiger charge is 2.09. The Morgan fingerprint density at radius 3 is 2.44 bits per heavy atom. The van der Waals surface area contributed by atoms with E-state index in [-0.39, 0.29) is 0 Å². The first-order valence-corrected chi connectivity index (χ1v) is 9.21. The van der Waals surface area contributed by atoms with Gasteiger partial charge in [0, 0.05) is 17.7 Å². The van der Waals surface area contributed by atoms with Crippen LogP contribution >= 0.6 is 0 Å². The lowest BCUT2D eigenvalue weighted by Gasteiger charge is -2.08. The Hall–Kier alpha value is -3.17. The number of hydrogen-bond donors (Lipinski definition) is 2. The minimum absolute atomic E-state index is 0.586. The lowest BCUT2D eigenvalue weighted by atomic mass is 9.98. The van der Waals surface area contributed by atoms with E-state index in [1.54, 1.807) is 0 Å². The first kappa shape index (κ1) is 17.3. The van der Waals surface area contributed by atoms with Crippen LogP contribution in [0.5, 0.6) is 0 Å². The second-order valence-corrected chi connectivity index (χ2v) is 6.62. The average molecular weight is 352 g/mol. The van der Waals surface area contributed by atoms with Crippen LogP contribution in [0.25, 0.3) is 22.6 Å². The van der Waals surface area contributed by atoms with E-state index in [2.05, 4.69) is 58.5 Å². The van der Waals surface area contributed by atoms with Crippen LogP contribution in [0.4, 0.5) is 0 Å². The van der Waals surface area contributed by atoms with Crippen LogP contribution in [0.2, 0.25) is 0 Å². The maximum atomic E-state index is 5.68. The molecule has 4 rings (SSSR count). The molecule has 3 nitrogen and oxygen atoms in total. The molecule has 3 aromatic carbocycles. The van der Waals surface area contributed by atoms with E-state index < -0.39 is 0 Å². The molecule has 1 radical (unpaired) electrons. The highest BCUT2D eigenvalue weighted by molar-refractivity contribution is 5.67. The van der Waals surface area contributed by atoms with Crippen LogP contribution in [0.3, 0.4) is 0 Å². The van der Waals surface area contributed by atoms with Gasteiger partial charge in [0.2, 0.25) is 0 Å². The number of nitrogens with one attached hydrogen (secondary N) is 1. The fraction of sp³-hybridized carbons (Fsp3) is 0.125. The second-order valence-electron chi connectivity index (χ2n) is 6.62. The summed E-state index contributed by atoms with van der Waals surface area (Å²) in [5, 5.41) is 0.